The largest absolute Gasteiger partial charge is 0.347 e. The zero-order chi connectivity index (χ0) is 13.5. The minimum Gasteiger partial charge on any atom is -0.326 e. The molecule has 0 spiro atoms. The number of benzene rings is 1. The Labute approximate surface area is 116 Å². The number of rotatable bonds is 1. The number of aromatic amines is 1. The summed E-state index contributed by atoms with van der Waals surface area (Å²) < 4.78 is 0. The van der Waals surface area contributed by atoms with Crippen LogP contribution in [0.1, 0.15) is 23.2 Å². The van der Waals surface area contributed by atoms with Gasteiger partial charge in [0.2, 0.25) is 0 Å². The molecule has 0 radical (unpaired) electrons. The van der Waals surface area contributed by atoms with Crippen molar-refractivity contribution in [1.29, 1.82) is 0 Å². The van der Waals surface area contributed by atoms with Gasteiger partial charge in [-0.05, 0) is 24.5 Å². The third-order valence-corrected chi connectivity index (χ3v) is 4.07. The van der Waals surface area contributed by atoms with Crippen molar-refractivity contribution in [1.82, 2.24) is 15.3 Å². The van der Waals surface area contributed by atoms with E-state index >= 15 is 0 Å². The number of hydrogen-bond acceptors (Lipinski definition) is 4. The molecule has 4 rings (SSSR count). The number of para-hydroxylation sites is 1. The van der Waals surface area contributed by atoms with E-state index in [0.717, 1.165) is 49.6 Å². The molecule has 20 heavy (non-hydrogen) atoms. The molecule has 0 aliphatic carbocycles. The Morgan fingerprint density at radius 2 is 2.10 bits per heavy atom. The number of aromatic nitrogens is 2. The zero-order valence-electron chi connectivity index (χ0n) is 11.1. The van der Waals surface area contributed by atoms with Gasteiger partial charge in [0, 0.05) is 36.6 Å². The van der Waals surface area contributed by atoms with Crippen LogP contribution >= 0.6 is 0 Å². The quantitative estimate of drug-likeness (QED) is 0.822. The number of H-pyrrole nitrogens is 1. The molecule has 5 nitrogen and oxygen atoms in total. The normalized spacial score (nSPS) is 16.9. The lowest BCUT2D eigenvalue weighted by Crippen LogP contribution is -2.29. The number of hydrogen-bond donors (Lipinski definition) is 2. The maximum Gasteiger partial charge on any atom is 0.347 e. The molecule has 0 saturated heterocycles. The van der Waals surface area contributed by atoms with Gasteiger partial charge in [0.1, 0.15) is 5.82 Å². The average molecular weight is 268 g/mol. The van der Waals surface area contributed by atoms with Gasteiger partial charge in [-0.15, -0.1) is 0 Å². The predicted molar refractivity (Wildman–Crippen MR) is 77.2 cm³/mol. The molecule has 1 aromatic carbocycles. The summed E-state index contributed by atoms with van der Waals surface area (Å²) in [5.74, 6) is 0.820. The fraction of sp³-hybridized carbons (Fsp3) is 0.333. The SMILES string of the molecule is O=c1nc(N2CCCc3ccccc32)c2c([nH]1)CNC2. The van der Waals surface area contributed by atoms with E-state index in [9.17, 15) is 4.79 Å². The highest BCUT2D eigenvalue weighted by Crippen LogP contribution is 2.34. The highest BCUT2D eigenvalue weighted by Gasteiger charge is 2.25. The Hall–Kier alpha value is -2.14. The molecule has 0 atom stereocenters. The second-order valence-corrected chi connectivity index (χ2v) is 5.31. The summed E-state index contributed by atoms with van der Waals surface area (Å²) in [5.41, 5.74) is 4.36. The molecule has 2 aliphatic heterocycles. The molecular formula is C15H16N4O. The van der Waals surface area contributed by atoms with Crippen molar-refractivity contribution in [2.24, 2.45) is 0 Å². The van der Waals surface area contributed by atoms with E-state index < -0.39 is 0 Å². The summed E-state index contributed by atoms with van der Waals surface area (Å²) in [6.07, 6.45) is 2.18. The van der Waals surface area contributed by atoms with Crippen LogP contribution in [0.4, 0.5) is 11.5 Å². The fourth-order valence-electron chi connectivity index (χ4n) is 3.16. The summed E-state index contributed by atoms with van der Waals surface area (Å²) in [4.78, 5) is 21.1. The second-order valence-electron chi connectivity index (χ2n) is 5.31. The van der Waals surface area contributed by atoms with E-state index in [4.69, 9.17) is 0 Å². The van der Waals surface area contributed by atoms with Crippen molar-refractivity contribution in [3.8, 4) is 0 Å². The summed E-state index contributed by atoms with van der Waals surface area (Å²) >= 11 is 0. The second kappa shape index (κ2) is 4.45. The van der Waals surface area contributed by atoms with E-state index in [-0.39, 0.29) is 5.69 Å². The molecule has 2 N–H and O–H groups in total. The van der Waals surface area contributed by atoms with Crippen molar-refractivity contribution in [2.75, 3.05) is 11.4 Å². The summed E-state index contributed by atoms with van der Waals surface area (Å²) in [6, 6.07) is 8.39. The van der Waals surface area contributed by atoms with Crippen LogP contribution in [0.5, 0.6) is 0 Å². The Morgan fingerprint density at radius 1 is 1.20 bits per heavy atom. The van der Waals surface area contributed by atoms with Gasteiger partial charge >= 0.3 is 5.69 Å². The first-order valence-corrected chi connectivity index (χ1v) is 7.01. The molecular weight excluding hydrogens is 252 g/mol. The minimum absolute atomic E-state index is 0.259. The lowest BCUT2D eigenvalue weighted by Gasteiger charge is -2.31. The van der Waals surface area contributed by atoms with Crippen LogP contribution in [0, 0.1) is 0 Å². The lowest BCUT2D eigenvalue weighted by molar-refractivity contribution is 0.744. The van der Waals surface area contributed by atoms with Gasteiger partial charge in [-0.1, -0.05) is 18.2 Å². The van der Waals surface area contributed by atoms with Gasteiger partial charge in [-0.25, -0.2) is 4.79 Å². The lowest BCUT2D eigenvalue weighted by atomic mass is 10.0. The summed E-state index contributed by atoms with van der Waals surface area (Å²) in [6.45, 7) is 2.41. The number of nitrogens with one attached hydrogen (secondary N) is 2. The number of fused-ring (bicyclic) bond motifs is 2. The monoisotopic (exact) mass is 268 g/mol. The first kappa shape index (κ1) is 11.7. The van der Waals surface area contributed by atoms with E-state index in [1.54, 1.807) is 0 Å². The van der Waals surface area contributed by atoms with Crippen LogP contribution in [-0.2, 0) is 19.5 Å². The minimum atomic E-state index is -0.259. The van der Waals surface area contributed by atoms with Crippen LogP contribution in [-0.4, -0.2) is 16.5 Å². The maximum absolute atomic E-state index is 11.8. The Balaban J connectivity index is 1.89. The molecule has 1 aromatic heterocycles. The summed E-state index contributed by atoms with van der Waals surface area (Å²) in [5, 5.41) is 3.28. The van der Waals surface area contributed by atoms with Crippen molar-refractivity contribution in [3.63, 3.8) is 0 Å². The number of aryl methyl sites for hydroxylation is 1. The van der Waals surface area contributed by atoms with E-state index in [0.29, 0.717) is 0 Å². The third-order valence-electron chi connectivity index (χ3n) is 4.07. The van der Waals surface area contributed by atoms with Gasteiger partial charge < -0.3 is 15.2 Å². The first-order valence-electron chi connectivity index (χ1n) is 7.01. The molecule has 3 heterocycles. The number of nitrogens with zero attached hydrogens (tertiary/aromatic N) is 2. The maximum atomic E-state index is 11.8. The molecule has 0 bridgehead atoms. The molecule has 0 fully saturated rings. The molecule has 0 unspecified atom stereocenters. The van der Waals surface area contributed by atoms with Crippen LogP contribution in [0.3, 0.4) is 0 Å². The van der Waals surface area contributed by atoms with Gasteiger partial charge in [0.05, 0.1) is 0 Å². The van der Waals surface area contributed by atoms with Crippen LogP contribution < -0.4 is 15.9 Å². The van der Waals surface area contributed by atoms with Crippen LogP contribution in [0.15, 0.2) is 29.1 Å². The van der Waals surface area contributed by atoms with Crippen molar-refractivity contribution in [3.05, 3.63) is 51.6 Å². The van der Waals surface area contributed by atoms with Gasteiger partial charge in [-0.3, -0.25) is 0 Å². The van der Waals surface area contributed by atoms with Crippen molar-refractivity contribution in [2.45, 2.75) is 25.9 Å². The predicted octanol–water partition coefficient (Wildman–Crippen LogP) is 1.46. The first-order chi connectivity index (χ1) is 9.83. The standard InChI is InChI=1S/C15H16N4O/c20-15-17-12-9-16-8-11(12)14(18-15)19-7-3-5-10-4-1-2-6-13(10)19/h1-2,4,6,16H,3,5,7-9H2,(H,17,18,20). The Morgan fingerprint density at radius 3 is 3.05 bits per heavy atom. The van der Waals surface area contributed by atoms with Crippen molar-refractivity contribution < 1.29 is 0 Å². The molecule has 2 aliphatic rings. The fourth-order valence-corrected chi connectivity index (χ4v) is 3.16. The molecule has 5 heteroatoms. The Kier molecular flexibility index (Phi) is 2.60. The van der Waals surface area contributed by atoms with Gasteiger partial charge in [0.25, 0.3) is 0 Å². The zero-order valence-corrected chi connectivity index (χ0v) is 11.1. The van der Waals surface area contributed by atoms with Crippen LogP contribution in [0.25, 0.3) is 0 Å². The van der Waals surface area contributed by atoms with Crippen LogP contribution in [0.2, 0.25) is 0 Å². The highest BCUT2D eigenvalue weighted by atomic mass is 16.1. The third kappa shape index (κ3) is 1.74. The summed E-state index contributed by atoms with van der Waals surface area (Å²) in [7, 11) is 0. The topological polar surface area (TPSA) is 61.0 Å². The highest BCUT2D eigenvalue weighted by molar-refractivity contribution is 5.68. The molecule has 0 amide bonds. The van der Waals surface area contributed by atoms with Gasteiger partial charge in [-0.2, -0.15) is 4.98 Å². The van der Waals surface area contributed by atoms with Gasteiger partial charge in [0.15, 0.2) is 0 Å². The smallest absolute Gasteiger partial charge is 0.326 e. The van der Waals surface area contributed by atoms with E-state index in [2.05, 4.69) is 38.4 Å². The number of anilines is 2. The molecule has 102 valence electrons. The van der Waals surface area contributed by atoms with Crippen molar-refractivity contribution >= 4 is 11.5 Å². The van der Waals surface area contributed by atoms with E-state index in [1.807, 2.05) is 6.07 Å². The Bertz CT molecular complexity index is 722. The molecule has 2 aromatic rings. The van der Waals surface area contributed by atoms with E-state index in [1.165, 1.54) is 11.3 Å². The average Bonchev–Trinajstić information content (AvgIpc) is 2.94. The molecule has 0 saturated carbocycles.